The maximum Gasteiger partial charge on any atom is 0.347 e. The van der Waals surface area contributed by atoms with E-state index in [9.17, 15) is 9.59 Å². The summed E-state index contributed by atoms with van der Waals surface area (Å²) in [4.78, 5) is 26.0. The van der Waals surface area contributed by atoms with E-state index in [1.165, 1.54) is 90.4 Å². The van der Waals surface area contributed by atoms with Gasteiger partial charge in [0.15, 0.2) is 5.78 Å². The van der Waals surface area contributed by atoms with Gasteiger partial charge in [-0.3, -0.25) is 4.79 Å². The Bertz CT molecular complexity index is 1190. The predicted molar refractivity (Wildman–Crippen MR) is 150 cm³/mol. The van der Waals surface area contributed by atoms with Gasteiger partial charge in [-0.2, -0.15) is 0 Å². The molecule has 0 aliphatic heterocycles. The lowest BCUT2D eigenvalue weighted by atomic mass is 9.87. The fourth-order valence-electron chi connectivity index (χ4n) is 4.96. The molecule has 0 aliphatic carbocycles. The first-order valence-corrected chi connectivity index (χ1v) is 13.9. The van der Waals surface area contributed by atoms with Gasteiger partial charge in [-0.1, -0.05) is 95.9 Å². The van der Waals surface area contributed by atoms with Gasteiger partial charge in [0.1, 0.15) is 22.6 Å². The molecule has 0 radical (unpaired) electrons. The Kier molecular flexibility index (Phi) is 11.2. The molecule has 1 aromatic heterocycles. The number of hydrogen-bond acceptors (Lipinski definition) is 5. The average Bonchev–Trinajstić information content (AvgIpc) is 2.92. The van der Waals surface area contributed by atoms with Crippen molar-refractivity contribution in [2.24, 2.45) is 0 Å². The van der Waals surface area contributed by atoms with Crippen LogP contribution in [0.4, 0.5) is 0 Å². The van der Waals surface area contributed by atoms with Crippen LogP contribution in [0.2, 0.25) is 0 Å². The minimum absolute atomic E-state index is 0.00393. The first-order valence-electron chi connectivity index (χ1n) is 13.9. The van der Waals surface area contributed by atoms with Crippen LogP contribution < -0.4 is 15.1 Å². The van der Waals surface area contributed by atoms with Gasteiger partial charge < -0.3 is 13.9 Å². The van der Waals surface area contributed by atoms with Crippen molar-refractivity contribution in [2.75, 3.05) is 14.2 Å². The van der Waals surface area contributed by atoms with Crippen LogP contribution >= 0.6 is 0 Å². The average molecular weight is 507 g/mol. The molecule has 37 heavy (non-hydrogen) atoms. The predicted octanol–water partition coefficient (Wildman–Crippen LogP) is 8.46. The van der Waals surface area contributed by atoms with Crippen molar-refractivity contribution in [3.8, 4) is 11.5 Å². The van der Waals surface area contributed by atoms with Crippen LogP contribution in [0.5, 0.6) is 11.5 Å². The zero-order chi connectivity index (χ0) is 26.6. The van der Waals surface area contributed by atoms with E-state index in [0.29, 0.717) is 33.9 Å². The van der Waals surface area contributed by atoms with E-state index < -0.39 is 5.63 Å². The number of carbonyl (C=O) groups is 1. The molecule has 0 amide bonds. The van der Waals surface area contributed by atoms with Gasteiger partial charge in [0, 0.05) is 17.7 Å². The van der Waals surface area contributed by atoms with Crippen molar-refractivity contribution in [1.82, 2.24) is 0 Å². The molecule has 0 saturated heterocycles. The number of ether oxygens (including phenoxy) is 2. The summed E-state index contributed by atoms with van der Waals surface area (Å²) in [6.45, 7) is 4.48. The summed E-state index contributed by atoms with van der Waals surface area (Å²) in [6, 6.07) is 12.7. The number of benzene rings is 2. The maximum atomic E-state index is 13.3. The standard InChI is InChI=1S/C32H42O5/c1-5-7-9-11-13-15-23(14-12-10-8-6-2)24-16-18-25(19-17-24)31(33)28-22-27-29(36-4)20-26(35-3)21-30(27)37-32(28)34/h16-23H,5-15H2,1-4H3. The second-order valence-corrected chi connectivity index (χ2v) is 9.89. The number of ketones is 1. The molecule has 0 saturated carbocycles. The lowest BCUT2D eigenvalue weighted by Crippen LogP contribution is -2.15. The Morgan fingerprint density at radius 2 is 1.43 bits per heavy atom. The molecule has 1 unspecified atom stereocenters. The zero-order valence-corrected chi connectivity index (χ0v) is 22.9. The summed E-state index contributed by atoms with van der Waals surface area (Å²) in [5.74, 6) is 1.15. The molecule has 0 bridgehead atoms. The number of unbranched alkanes of at least 4 members (excludes halogenated alkanes) is 7. The van der Waals surface area contributed by atoms with Gasteiger partial charge in [0.05, 0.1) is 19.6 Å². The molecule has 200 valence electrons. The maximum absolute atomic E-state index is 13.3. The molecule has 3 aromatic rings. The van der Waals surface area contributed by atoms with E-state index in [4.69, 9.17) is 13.9 Å². The van der Waals surface area contributed by atoms with E-state index in [1.807, 2.05) is 12.1 Å². The molecule has 1 heterocycles. The summed E-state index contributed by atoms with van der Waals surface area (Å²) in [5.41, 5.74) is 1.41. The van der Waals surface area contributed by atoms with Gasteiger partial charge >= 0.3 is 5.63 Å². The quantitative estimate of drug-likeness (QED) is 0.111. The van der Waals surface area contributed by atoms with Crippen LogP contribution in [0.25, 0.3) is 11.0 Å². The summed E-state index contributed by atoms with van der Waals surface area (Å²) in [5, 5.41) is 0.554. The van der Waals surface area contributed by atoms with Crippen LogP contribution in [0.1, 0.15) is 112 Å². The molecule has 5 heteroatoms. The normalized spacial score (nSPS) is 12.0. The number of rotatable bonds is 16. The summed E-state index contributed by atoms with van der Waals surface area (Å²) in [6.07, 6.45) is 13.8. The van der Waals surface area contributed by atoms with Crippen molar-refractivity contribution in [3.05, 3.63) is 69.6 Å². The molecule has 2 aromatic carbocycles. The lowest BCUT2D eigenvalue weighted by molar-refractivity contribution is 0.103. The number of methoxy groups -OCH3 is 2. The van der Waals surface area contributed by atoms with Crippen molar-refractivity contribution in [2.45, 2.75) is 90.4 Å². The smallest absolute Gasteiger partial charge is 0.347 e. The monoisotopic (exact) mass is 506 g/mol. The van der Waals surface area contributed by atoms with Crippen LogP contribution in [0.3, 0.4) is 0 Å². The minimum Gasteiger partial charge on any atom is -0.496 e. The number of carbonyl (C=O) groups excluding carboxylic acids is 1. The second kappa shape index (κ2) is 14.6. The first-order chi connectivity index (χ1) is 18.0. The molecular weight excluding hydrogens is 464 g/mol. The Labute approximate surface area is 221 Å². The molecule has 1 atom stereocenters. The Morgan fingerprint density at radius 3 is 2.03 bits per heavy atom. The highest BCUT2D eigenvalue weighted by Gasteiger charge is 2.19. The fourth-order valence-corrected chi connectivity index (χ4v) is 4.96. The summed E-state index contributed by atoms with van der Waals surface area (Å²) < 4.78 is 16.2. The van der Waals surface area contributed by atoms with Crippen molar-refractivity contribution in [3.63, 3.8) is 0 Å². The van der Waals surface area contributed by atoms with Crippen molar-refractivity contribution < 1.29 is 18.7 Å². The molecule has 0 fully saturated rings. The second-order valence-electron chi connectivity index (χ2n) is 9.89. The molecule has 0 N–H and O–H groups in total. The Hall–Kier alpha value is -3.08. The third-order valence-electron chi connectivity index (χ3n) is 7.20. The van der Waals surface area contributed by atoms with Crippen LogP contribution in [0.15, 0.2) is 51.7 Å². The highest BCUT2D eigenvalue weighted by Crippen LogP contribution is 2.32. The highest BCUT2D eigenvalue weighted by atomic mass is 16.5. The van der Waals surface area contributed by atoms with Gasteiger partial charge in [0.25, 0.3) is 0 Å². The highest BCUT2D eigenvalue weighted by molar-refractivity contribution is 6.10. The lowest BCUT2D eigenvalue weighted by Gasteiger charge is -2.18. The minimum atomic E-state index is -0.669. The van der Waals surface area contributed by atoms with E-state index in [-0.39, 0.29) is 11.3 Å². The van der Waals surface area contributed by atoms with Crippen LogP contribution in [0, 0.1) is 0 Å². The van der Waals surface area contributed by atoms with Crippen LogP contribution in [-0.2, 0) is 0 Å². The van der Waals surface area contributed by atoms with Crippen LogP contribution in [-0.4, -0.2) is 20.0 Å². The topological polar surface area (TPSA) is 65.7 Å². The van der Waals surface area contributed by atoms with E-state index in [2.05, 4.69) is 26.0 Å². The van der Waals surface area contributed by atoms with Gasteiger partial charge in [-0.15, -0.1) is 0 Å². The number of fused-ring (bicyclic) bond motifs is 1. The molecule has 3 rings (SSSR count). The third-order valence-corrected chi connectivity index (χ3v) is 7.20. The van der Waals surface area contributed by atoms with E-state index >= 15 is 0 Å². The third kappa shape index (κ3) is 7.70. The fraction of sp³-hybridized carbons (Fsp3) is 0.500. The first kappa shape index (κ1) is 28.5. The summed E-state index contributed by atoms with van der Waals surface area (Å²) in [7, 11) is 3.06. The molecule has 5 nitrogen and oxygen atoms in total. The van der Waals surface area contributed by atoms with E-state index in [1.54, 1.807) is 18.2 Å². The van der Waals surface area contributed by atoms with Gasteiger partial charge in [-0.25, -0.2) is 4.79 Å². The Morgan fingerprint density at radius 1 is 0.811 bits per heavy atom. The van der Waals surface area contributed by atoms with E-state index in [0.717, 1.165) is 0 Å². The molecule has 0 aliphatic rings. The largest absolute Gasteiger partial charge is 0.496 e. The number of hydrogen-bond donors (Lipinski definition) is 0. The molecule has 0 spiro atoms. The van der Waals surface area contributed by atoms with Crippen molar-refractivity contribution in [1.29, 1.82) is 0 Å². The Balaban J connectivity index is 1.80. The zero-order valence-electron chi connectivity index (χ0n) is 22.9. The van der Waals surface area contributed by atoms with Crippen molar-refractivity contribution >= 4 is 16.8 Å². The SMILES string of the molecule is CCCCCCCC(CCCCCC)c1ccc(C(=O)c2cc3c(OC)cc(OC)cc3oc2=O)cc1. The van der Waals surface area contributed by atoms with Gasteiger partial charge in [0.2, 0.25) is 0 Å². The van der Waals surface area contributed by atoms with Gasteiger partial charge in [-0.05, 0) is 30.4 Å². The molecular formula is C32H42O5. The summed E-state index contributed by atoms with van der Waals surface area (Å²) >= 11 is 0.